The van der Waals surface area contributed by atoms with Gasteiger partial charge in [0.2, 0.25) is 0 Å². The molecule has 0 bridgehead atoms. The number of esters is 1. The van der Waals surface area contributed by atoms with E-state index in [1.807, 2.05) is 0 Å². The summed E-state index contributed by atoms with van der Waals surface area (Å²) in [6.45, 7) is 0. The van der Waals surface area contributed by atoms with Crippen LogP contribution in [0.5, 0.6) is 0 Å². The maximum Gasteiger partial charge on any atom is 0.354 e. The molecule has 0 aliphatic heterocycles. The Labute approximate surface area is 119 Å². The number of halogens is 2. The molecule has 0 atom stereocenters. The summed E-state index contributed by atoms with van der Waals surface area (Å²) in [6.07, 6.45) is 1.41. The molecule has 98 valence electrons. The summed E-state index contributed by atoms with van der Waals surface area (Å²) in [6, 6.07) is 6.20. The first-order valence-electron chi connectivity index (χ1n) is 5.30. The van der Waals surface area contributed by atoms with Crippen molar-refractivity contribution in [1.29, 1.82) is 0 Å². The lowest BCUT2D eigenvalue weighted by molar-refractivity contribution is 0.0595. The van der Waals surface area contributed by atoms with Crippen LogP contribution in [0.15, 0.2) is 30.5 Å². The molecular formula is C13H9Cl2NO3. The number of aromatic amines is 1. The van der Waals surface area contributed by atoms with Crippen LogP contribution in [0.4, 0.5) is 0 Å². The van der Waals surface area contributed by atoms with Gasteiger partial charge in [-0.3, -0.25) is 4.79 Å². The van der Waals surface area contributed by atoms with Crippen molar-refractivity contribution in [1.82, 2.24) is 4.98 Å². The number of ether oxygens (including phenoxy) is 1. The fraction of sp³-hybridized carbons (Fsp3) is 0.0769. The minimum atomic E-state index is -0.552. The molecule has 0 saturated carbocycles. The largest absolute Gasteiger partial charge is 0.464 e. The van der Waals surface area contributed by atoms with Gasteiger partial charge in [-0.05, 0) is 18.2 Å². The van der Waals surface area contributed by atoms with Gasteiger partial charge in [-0.1, -0.05) is 29.3 Å². The standard InChI is InChI=1S/C13H9Cl2NO3/c1-19-13(18)10-5-7(6-16-10)12(17)11-8(14)3-2-4-9(11)15/h2-6,16H,1H3. The van der Waals surface area contributed by atoms with E-state index in [4.69, 9.17) is 23.2 Å². The van der Waals surface area contributed by atoms with E-state index in [1.165, 1.54) is 19.4 Å². The Hall–Kier alpha value is -1.78. The summed E-state index contributed by atoms with van der Waals surface area (Å²) in [5.41, 5.74) is 0.686. The molecule has 0 radical (unpaired) electrons. The molecule has 1 aromatic carbocycles. The minimum absolute atomic E-state index is 0.189. The number of aromatic nitrogens is 1. The van der Waals surface area contributed by atoms with Crippen LogP contribution in [-0.4, -0.2) is 23.8 Å². The van der Waals surface area contributed by atoms with Crippen LogP contribution < -0.4 is 0 Å². The highest BCUT2D eigenvalue weighted by molar-refractivity contribution is 6.41. The highest BCUT2D eigenvalue weighted by Gasteiger charge is 2.19. The third-order valence-electron chi connectivity index (χ3n) is 2.54. The summed E-state index contributed by atoms with van der Waals surface area (Å²) in [7, 11) is 1.26. The van der Waals surface area contributed by atoms with Crippen LogP contribution in [0.25, 0.3) is 0 Å². The summed E-state index contributed by atoms with van der Waals surface area (Å²) in [4.78, 5) is 26.2. The minimum Gasteiger partial charge on any atom is -0.464 e. The molecule has 2 rings (SSSR count). The quantitative estimate of drug-likeness (QED) is 0.698. The highest BCUT2D eigenvalue weighted by atomic mass is 35.5. The van der Waals surface area contributed by atoms with Crippen LogP contribution in [0.1, 0.15) is 26.4 Å². The fourth-order valence-corrected chi connectivity index (χ4v) is 2.18. The molecule has 1 aromatic heterocycles. The number of nitrogens with one attached hydrogen (secondary N) is 1. The van der Waals surface area contributed by atoms with Crippen molar-refractivity contribution in [2.45, 2.75) is 0 Å². The lowest BCUT2D eigenvalue weighted by Gasteiger charge is -2.03. The third-order valence-corrected chi connectivity index (χ3v) is 3.17. The van der Waals surface area contributed by atoms with Gasteiger partial charge in [-0.15, -0.1) is 0 Å². The molecule has 0 saturated heterocycles. The lowest BCUT2D eigenvalue weighted by Crippen LogP contribution is -2.03. The Morgan fingerprint density at radius 1 is 1.21 bits per heavy atom. The molecule has 0 unspecified atom stereocenters. The van der Waals surface area contributed by atoms with E-state index in [0.717, 1.165) is 0 Å². The SMILES string of the molecule is COC(=O)c1cc(C(=O)c2c(Cl)cccc2Cl)c[nH]1. The number of carbonyl (C=O) groups excluding carboxylic acids is 2. The number of methoxy groups -OCH3 is 1. The molecule has 19 heavy (non-hydrogen) atoms. The molecule has 6 heteroatoms. The number of hydrogen-bond donors (Lipinski definition) is 1. The zero-order valence-electron chi connectivity index (χ0n) is 9.87. The molecule has 1 heterocycles. The van der Waals surface area contributed by atoms with E-state index >= 15 is 0 Å². The normalized spacial score (nSPS) is 10.3. The molecule has 0 aliphatic carbocycles. The Balaban J connectivity index is 2.40. The number of H-pyrrole nitrogens is 1. The first-order chi connectivity index (χ1) is 9.04. The van der Waals surface area contributed by atoms with Crippen molar-refractivity contribution < 1.29 is 14.3 Å². The maximum absolute atomic E-state index is 12.3. The van der Waals surface area contributed by atoms with E-state index in [1.54, 1.807) is 18.2 Å². The molecule has 4 nitrogen and oxygen atoms in total. The van der Waals surface area contributed by atoms with Gasteiger partial charge < -0.3 is 9.72 Å². The Bertz CT molecular complexity index is 629. The van der Waals surface area contributed by atoms with E-state index in [2.05, 4.69) is 9.72 Å². The monoisotopic (exact) mass is 297 g/mol. The predicted octanol–water partition coefficient (Wildman–Crippen LogP) is 3.34. The average Bonchev–Trinajstić information content (AvgIpc) is 2.87. The zero-order valence-corrected chi connectivity index (χ0v) is 11.4. The van der Waals surface area contributed by atoms with Crippen molar-refractivity contribution in [3.05, 3.63) is 57.3 Å². The number of ketones is 1. The van der Waals surface area contributed by atoms with Crippen LogP contribution in [0.2, 0.25) is 10.0 Å². The predicted molar refractivity (Wildman–Crippen MR) is 72.0 cm³/mol. The second-order valence-electron chi connectivity index (χ2n) is 3.72. The zero-order chi connectivity index (χ0) is 14.0. The number of benzene rings is 1. The Morgan fingerprint density at radius 3 is 2.42 bits per heavy atom. The first kappa shape index (κ1) is 13.6. The molecule has 0 spiro atoms. The molecule has 0 amide bonds. The topological polar surface area (TPSA) is 59.2 Å². The second kappa shape index (κ2) is 5.47. The van der Waals surface area contributed by atoms with E-state index in [9.17, 15) is 9.59 Å². The van der Waals surface area contributed by atoms with Crippen molar-refractivity contribution in [2.24, 2.45) is 0 Å². The molecule has 1 N–H and O–H groups in total. The molecule has 0 aliphatic rings. The molecular weight excluding hydrogens is 289 g/mol. The van der Waals surface area contributed by atoms with Gasteiger partial charge in [-0.25, -0.2) is 4.79 Å². The smallest absolute Gasteiger partial charge is 0.354 e. The Kier molecular flexibility index (Phi) is 3.93. The summed E-state index contributed by atoms with van der Waals surface area (Å²) in [5, 5.41) is 0.525. The van der Waals surface area contributed by atoms with E-state index in [-0.39, 0.29) is 32.6 Å². The maximum atomic E-state index is 12.3. The lowest BCUT2D eigenvalue weighted by atomic mass is 10.1. The van der Waals surface area contributed by atoms with Gasteiger partial charge in [0.25, 0.3) is 0 Å². The summed E-state index contributed by atoms with van der Waals surface area (Å²) >= 11 is 11.9. The van der Waals surface area contributed by atoms with Gasteiger partial charge in [0.1, 0.15) is 5.69 Å². The van der Waals surface area contributed by atoms with E-state index < -0.39 is 5.97 Å². The van der Waals surface area contributed by atoms with Crippen molar-refractivity contribution >= 4 is 35.0 Å². The van der Waals surface area contributed by atoms with E-state index in [0.29, 0.717) is 0 Å². The molecule has 0 fully saturated rings. The van der Waals surface area contributed by atoms with Gasteiger partial charge in [0.15, 0.2) is 5.78 Å². The number of carbonyl (C=O) groups is 2. The van der Waals surface area contributed by atoms with Crippen molar-refractivity contribution in [3.63, 3.8) is 0 Å². The van der Waals surface area contributed by atoms with Gasteiger partial charge >= 0.3 is 5.97 Å². The van der Waals surface area contributed by atoms with Crippen LogP contribution >= 0.6 is 23.2 Å². The first-order valence-corrected chi connectivity index (χ1v) is 6.05. The highest BCUT2D eigenvalue weighted by Crippen LogP contribution is 2.27. The second-order valence-corrected chi connectivity index (χ2v) is 4.53. The summed E-state index contributed by atoms with van der Waals surface area (Å²) in [5.74, 6) is -0.911. The average molecular weight is 298 g/mol. The Morgan fingerprint density at radius 2 is 1.84 bits per heavy atom. The molecule has 2 aromatic rings. The van der Waals surface area contributed by atoms with Crippen LogP contribution in [0, 0.1) is 0 Å². The van der Waals surface area contributed by atoms with Gasteiger partial charge in [0, 0.05) is 11.8 Å². The number of rotatable bonds is 3. The van der Waals surface area contributed by atoms with Crippen molar-refractivity contribution in [3.8, 4) is 0 Å². The fourth-order valence-electron chi connectivity index (χ4n) is 1.61. The number of hydrogen-bond acceptors (Lipinski definition) is 3. The third kappa shape index (κ3) is 2.64. The van der Waals surface area contributed by atoms with Gasteiger partial charge in [-0.2, -0.15) is 0 Å². The van der Waals surface area contributed by atoms with Crippen LogP contribution in [0.3, 0.4) is 0 Å². The van der Waals surface area contributed by atoms with Crippen LogP contribution in [-0.2, 0) is 4.74 Å². The van der Waals surface area contributed by atoms with Crippen molar-refractivity contribution in [2.75, 3.05) is 7.11 Å². The summed E-state index contributed by atoms with van der Waals surface area (Å²) < 4.78 is 4.55. The van der Waals surface area contributed by atoms with Gasteiger partial charge in [0.05, 0.1) is 22.7 Å².